The van der Waals surface area contributed by atoms with Crippen molar-refractivity contribution in [1.82, 2.24) is 0 Å². The standard InChI is InChI=1S/C11H13FN2/c1-8(2)11(7-13)14-10-5-3-4-9(12)6-10/h3-6,8,11,14H,1-2H3. The van der Waals surface area contributed by atoms with E-state index in [9.17, 15) is 4.39 Å². The normalized spacial score (nSPS) is 12.2. The lowest BCUT2D eigenvalue weighted by Crippen LogP contribution is -2.23. The highest BCUT2D eigenvalue weighted by Gasteiger charge is 2.11. The van der Waals surface area contributed by atoms with Crippen molar-refractivity contribution in [1.29, 1.82) is 5.26 Å². The molecule has 14 heavy (non-hydrogen) atoms. The molecule has 1 N–H and O–H groups in total. The fraction of sp³-hybridized carbons (Fsp3) is 0.364. The molecular formula is C11H13FN2. The summed E-state index contributed by atoms with van der Waals surface area (Å²) in [4.78, 5) is 0. The van der Waals surface area contributed by atoms with E-state index in [-0.39, 0.29) is 17.8 Å². The highest BCUT2D eigenvalue weighted by Crippen LogP contribution is 2.13. The zero-order valence-corrected chi connectivity index (χ0v) is 8.29. The van der Waals surface area contributed by atoms with Crippen molar-refractivity contribution in [2.24, 2.45) is 5.92 Å². The molecule has 0 radical (unpaired) electrons. The van der Waals surface area contributed by atoms with Gasteiger partial charge in [0.25, 0.3) is 0 Å². The van der Waals surface area contributed by atoms with Gasteiger partial charge in [0, 0.05) is 5.69 Å². The Labute approximate surface area is 83.4 Å². The van der Waals surface area contributed by atoms with Crippen LogP contribution in [0.4, 0.5) is 10.1 Å². The molecule has 0 heterocycles. The molecule has 0 amide bonds. The summed E-state index contributed by atoms with van der Waals surface area (Å²) in [5, 5.41) is 11.8. The average molecular weight is 192 g/mol. The monoisotopic (exact) mass is 192 g/mol. The number of nitriles is 1. The number of rotatable bonds is 3. The number of benzene rings is 1. The van der Waals surface area contributed by atoms with Gasteiger partial charge >= 0.3 is 0 Å². The lowest BCUT2D eigenvalue weighted by Gasteiger charge is -2.15. The first kappa shape index (κ1) is 10.5. The molecule has 0 saturated carbocycles. The molecule has 0 spiro atoms. The van der Waals surface area contributed by atoms with Crippen LogP contribution in [0, 0.1) is 23.1 Å². The molecule has 1 unspecified atom stereocenters. The van der Waals surface area contributed by atoms with E-state index in [0.717, 1.165) is 0 Å². The molecular weight excluding hydrogens is 179 g/mol. The summed E-state index contributed by atoms with van der Waals surface area (Å²) in [6.07, 6.45) is 0. The number of nitrogens with one attached hydrogen (secondary N) is 1. The van der Waals surface area contributed by atoms with Gasteiger partial charge in [-0.3, -0.25) is 0 Å². The SMILES string of the molecule is CC(C)C(C#N)Nc1cccc(F)c1. The van der Waals surface area contributed by atoms with Crippen molar-refractivity contribution < 1.29 is 4.39 Å². The Morgan fingerprint density at radius 3 is 2.64 bits per heavy atom. The van der Waals surface area contributed by atoms with Crippen LogP contribution >= 0.6 is 0 Å². The minimum absolute atomic E-state index is 0.197. The molecule has 0 aliphatic carbocycles. The van der Waals surface area contributed by atoms with Crippen LogP contribution in [0.3, 0.4) is 0 Å². The van der Waals surface area contributed by atoms with Gasteiger partial charge in [-0.1, -0.05) is 19.9 Å². The minimum Gasteiger partial charge on any atom is -0.370 e. The van der Waals surface area contributed by atoms with E-state index in [0.29, 0.717) is 5.69 Å². The summed E-state index contributed by atoms with van der Waals surface area (Å²) in [5.41, 5.74) is 0.644. The van der Waals surface area contributed by atoms with Gasteiger partial charge in [-0.15, -0.1) is 0 Å². The van der Waals surface area contributed by atoms with Gasteiger partial charge in [0.1, 0.15) is 11.9 Å². The maximum Gasteiger partial charge on any atom is 0.125 e. The van der Waals surface area contributed by atoms with E-state index in [2.05, 4.69) is 11.4 Å². The Morgan fingerprint density at radius 2 is 2.14 bits per heavy atom. The van der Waals surface area contributed by atoms with Crippen LogP contribution < -0.4 is 5.32 Å². The van der Waals surface area contributed by atoms with Gasteiger partial charge in [-0.25, -0.2) is 4.39 Å². The number of anilines is 1. The van der Waals surface area contributed by atoms with Crippen LogP contribution in [-0.2, 0) is 0 Å². The lowest BCUT2D eigenvalue weighted by molar-refractivity contribution is 0.605. The second-order valence-electron chi connectivity index (χ2n) is 3.51. The second kappa shape index (κ2) is 4.61. The quantitative estimate of drug-likeness (QED) is 0.799. The summed E-state index contributed by atoms with van der Waals surface area (Å²) < 4.78 is 12.8. The molecule has 1 atom stereocenters. The molecule has 0 bridgehead atoms. The zero-order chi connectivity index (χ0) is 10.6. The van der Waals surface area contributed by atoms with E-state index < -0.39 is 0 Å². The number of nitrogens with zero attached hydrogens (tertiary/aromatic N) is 1. The Balaban J connectivity index is 2.73. The first-order valence-corrected chi connectivity index (χ1v) is 4.55. The van der Waals surface area contributed by atoms with Gasteiger partial charge < -0.3 is 5.32 Å². The van der Waals surface area contributed by atoms with Crippen molar-refractivity contribution in [2.75, 3.05) is 5.32 Å². The fourth-order valence-electron chi connectivity index (χ4n) is 1.11. The van der Waals surface area contributed by atoms with E-state index in [1.54, 1.807) is 12.1 Å². The third-order valence-corrected chi connectivity index (χ3v) is 1.95. The smallest absolute Gasteiger partial charge is 0.125 e. The van der Waals surface area contributed by atoms with Crippen LogP contribution in [0.25, 0.3) is 0 Å². The van der Waals surface area contributed by atoms with Crippen LogP contribution in [0.2, 0.25) is 0 Å². The Hall–Kier alpha value is -1.56. The maximum absolute atomic E-state index is 12.8. The molecule has 1 aromatic carbocycles. The van der Waals surface area contributed by atoms with E-state index in [1.165, 1.54) is 12.1 Å². The van der Waals surface area contributed by atoms with Crippen molar-refractivity contribution in [2.45, 2.75) is 19.9 Å². The van der Waals surface area contributed by atoms with E-state index in [1.807, 2.05) is 13.8 Å². The molecule has 3 heteroatoms. The summed E-state index contributed by atoms with van der Waals surface area (Å²) in [7, 11) is 0. The fourth-order valence-corrected chi connectivity index (χ4v) is 1.11. The summed E-state index contributed by atoms with van der Waals surface area (Å²) in [6.45, 7) is 3.89. The predicted molar refractivity (Wildman–Crippen MR) is 54.3 cm³/mol. The maximum atomic E-state index is 12.8. The van der Waals surface area contributed by atoms with Crippen LogP contribution in [0.5, 0.6) is 0 Å². The van der Waals surface area contributed by atoms with E-state index in [4.69, 9.17) is 5.26 Å². The average Bonchev–Trinajstić information content (AvgIpc) is 2.14. The molecule has 0 aliphatic rings. The van der Waals surface area contributed by atoms with Crippen molar-refractivity contribution in [3.63, 3.8) is 0 Å². The van der Waals surface area contributed by atoms with Gasteiger partial charge in [0.15, 0.2) is 0 Å². The highest BCUT2D eigenvalue weighted by atomic mass is 19.1. The van der Waals surface area contributed by atoms with Gasteiger partial charge in [-0.05, 0) is 24.1 Å². The largest absolute Gasteiger partial charge is 0.370 e. The molecule has 0 fully saturated rings. The molecule has 2 nitrogen and oxygen atoms in total. The molecule has 74 valence electrons. The minimum atomic E-state index is -0.296. The van der Waals surface area contributed by atoms with Crippen LogP contribution in [0.1, 0.15) is 13.8 Å². The number of hydrogen-bond acceptors (Lipinski definition) is 2. The first-order valence-electron chi connectivity index (χ1n) is 4.55. The van der Waals surface area contributed by atoms with Crippen molar-refractivity contribution in [3.8, 4) is 6.07 Å². The second-order valence-corrected chi connectivity index (χ2v) is 3.51. The van der Waals surface area contributed by atoms with Crippen molar-refractivity contribution >= 4 is 5.69 Å². The van der Waals surface area contributed by atoms with Gasteiger partial charge in [0.05, 0.1) is 6.07 Å². The first-order chi connectivity index (χ1) is 6.63. The lowest BCUT2D eigenvalue weighted by atomic mass is 10.1. The summed E-state index contributed by atoms with van der Waals surface area (Å²) in [6, 6.07) is 7.98. The third-order valence-electron chi connectivity index (χ3n) is 1.95. The molecule has 0 aromatic heterocycles. The molecule has 1 rings (SSSR count). The predicted octanol–water partition coefficient (Wildman–Crippen LogP) is 2.79. The van der Waals surface area contributed by atoms with Crippen LogP contribution in [-0.4, -0.2) is 6.04 Å². The Bertz CT molecular complexity index is 341. The van der Waals surface area contributed by atoms with Gasteiger partial charge in [-0.2, -0.15) is 5.26 Å². The topological polar surface area (TPSA) is 35.8 Å². The Kier molecular flexibility index (Phi) is 3.47. The number of halogens is 1. The summed E-state index contributed by atoms with van der Waals surface area (Å²) in [5.74, 6) is -0.0984. The molecule has 0 aliphatic heterocycles. The van der Waals surface area contributed by atoms with E-state index >= 15 is 0 Å². The van der Waals surface area contributed by atoms with Gasteiger partial charge in [0.2, 0.25) is 0 Å². The molecule has 0 saturated heterocycles. The third kappa shape index (κ3) is 2.74. The summed E-state index contributed by atoms with van der Waals surface area (Å²) >= 11 is 0. The zero-order valence-electron chi connectivity index (χ0n) is 8.29. The number of hydrogen-bond donors (Lipinski definition) is 1. The van der Waals surface area contributed by atoms with Crippen LogP contribution in [0.15, 0.2) is 24.3 Å². The highest BCUT2D eigenvalue weighted by molar-refractivity contribution is 5.45. The molecule has 1 aromatic rings. The van der Waals surface area contributed by atoms with Crippen molar-refractivity contribution in [3.05, 3.63) is 30.1 Å². The Morgan fingerprint density at radius 1 is 1.43 bits per heavy atom.